The molecule has 24 heavy (non-hydrogen) atoms. The summed E-state index contributed by atoms with van der Waals surface area (Å²) in [5.41, 5.74) is 0.787. The van der Waals surface area contributed by atoms with Crippen LogP contribution in [0.4, 0.5) is 11.6 Å². The van der Waals surface area contributed by atoms with E-state index < -0.39 is 5.97 Å². The molecule has 0 bridgehead atoms. The van der Waals surface area contributed by atoms with Crippen LogP contribution in [0, 0.1) is 0 Å². The molecular formula is C16H11ClN4O3. The molecule has 0 saturated heterocycles. The number of carbonyl (C=O) groups is 1. The molecule has 1 aromatic heterocycles. The maximum Gasteiger partial charge on any atom is 0.335 e. The highest BCUT2D eigenvalue weighted by atomic mass is 35.5. The Morgan fingerprint density at radius 2 is 1.71 bits per heavy atom. The summed E-state index contributed by atoms with van der Waals surface area (Å²) in [6, 6.07) is 15.2. The molecule has 0 radical (unpaired) electrons. The molecule has 0 aliphatic rings. The Bertz CT molecular complexity index is 857. The van der Waals surface area contributed by atoms with E-state index in [0.29, 0.717) is 11.4 Å². The number of benzene rings is 2. The third-order valence-electron chi connectivity index (χ3n) is 2.93. The highest BCUT2D eigenvalue weighted by Crippen LogP contribution is 2.21. The van der Waals surface area contributed by atoms with Crippen LogP contribution in [0.1, 0.15) is 10.4 Å². The minimum Gasteiger partial charge on any atom is -0.478 e. The second-order valence-corrected chi connectivity index (χ2v) is 4.97. The van der Waals surface area contributed by atoms with Gasteiger partial charge in [-0.3, -0.25) is 0 Å². The monoisotopic (exact) mass is 342 g/mol. The highest BCUT2D eigenvalue weighted by Gasteiger charge is 2.08. The van der Waals surface area contributed by atoms with Crippen LogP contribution in [0.25, 0.3) is 0 Å². The highest BCUT2D eigenvalue weighted by molar-refractivity contribution is 6.28. The van der Waals surface area contributed by atoms with Gasteiger partial charge in [0.1, 0.15) is 5.75 Å². The molecule has 8 heteroatoms. The van der Waals surface area contributed by atoms with E-state index in [9.17, 15) is 4.79 Å². The van der Waals surface area contributed by atoms with Crippen LogP contribution in [-0.4, -0.2) is 26.0 Å². The van der Waals surface area contributed by atoms with Gasteiger partial charge in [0.05, 0.1) is 5.56 Å². The molecule has 0 fully saturated rings. The first-order valence-electron chi connectivity index (χ1n) is 6.85. The smallest absolute Gasteiger partial charge is 0.335 e. The Hall–Kier alpha value is -3.19. The second kappa shape index (κ2) is 6.93. The number of hydrogen-bond acceptors (Lipinski definition) is 6. The van der Waals surface area contributed by atoms with Crippen molar-refractivity contribution in [3.05, 3.63) is 65.4 Å². The fourth-order valence-corrected chi connectivity index (χ4v) is 2.00. The molecule has 0 spiro atoms. The Morgan fingerprint density at radius 1 is 1.00 bits per heavy atom. The number of nitrogens with zero attached hydrogens (tertiary/aromatic N) is 3. The number of ether oxygens (including phenoxy) is 1. The topological polar surface area (TPSA) is 97.2 Å². The number of aromatic nitrogens is 3. The lowest BCUT2D eigenvalue weighted by molar-refractivity contribution is 0.0697. The van der Waals surface area contributed by atoms with Crippen LogP contribution in [0.15, 0.2) is 54.6 Å². The van der Waals surface area contributed by atoms with Crippen LogP contribution < -0.4 is 10.1 Å². The third kappa shape index (κ3) is 3.96. The van der Waals surface area contributed by atoms with Crippen molar-refractivity contribution in [1.82, 2.24) is 15.0 Å². The van der Waals surface area contributed by atoms with Crippen LogP contribution in [0.3, 0.4) is 0 Å². The van der Waals surface area contributed by atoms with Gasteiger partial charge < -0.3 is 15.2 Å². The molecule has 0 aliphatic carbocycles. The molecule has 0 unspecified atom stereocenters. The number of halogens is 1. The summed E-state index contributed by atoms with van der Waals surface area (Å²) in [5.74, 6) is -0.246. The van der Waals surface area contributed by atoms with Crippen molar-refractivity contribution in [3.8, 4) is 11.8 Å². The molecule has 3 rings (SSSR count). The lowest BCUT2D eigenvalue weighted by Gasteiger charge is -2.08. The summed E-state index contributed by atoms with van der Waals surface area (Å²) in [6.45, 7) is 0. The third-order valence-corrected chi connectivity index (χ3v) is 3.10. The van der Waals surface area contributed by atoms with Crippen LogP contribution in [0.5, 0.6) is 11.8 Å². The molecule has 0 saturated carbocycles. The summed E-state index contributed by atoms with van der Waals surface area (Å²) < 4.78 is 5.52. The van der Waals surface area contributed by atoms with Gasteiger partial charge in [-0.1, -0.05) is 18.2 Å². The fourth-order valence-electron chi connectivity index (χ4n) is 1.85. The van der Waals surface area contributed by atoms with Crippen molar-refractivity contribution in [3.63, 3.8) is 0 Å². The average molecular weight is 343 g/mol. The molecule has 2 N–H and O–H groups in total. The first-order valence-corrected chi connectivity index (χ1v) is 7.23. The van der Waals surface area contributed by atoms with E-state index in [1.807, 2.05) is 18.2 Å². The summed E-state index contributed by atoms with van der Waals surface area (Å²) >= 11 is 5.89. The molecule has 0 aliphatic heterocycles. The zero-order valence-corrected chi connectivity index (χ0v) is 12.9. The van der Waals surface area contributed by atoms with E-state index in [-0.39, 0.29) is 22.8 Å². The van der Waals surface area contributed by atoms with Gasteiger partial charge in [0.15, 0.2) is 0 Å². The molecular weight excluding hydrogens is 332 g/mol. The molecule has 0 amide bonds. The Morgan fingerprint density at radius 3 is 2.38 bits per heavy atom. The maximum absolute atomic E-state index is 10.8. The van der Waals surface area contributed by atoms with E-state index in [2.05, 4.69) is 20.3 Å². The molecule has 120 valence electrons. The number of hydrogen-bond donors (Lipinski definition) is 2. The zero-order valence-electron chi connectivity index (χ0n) is 12.2. The van der Waals surface area contributed by atoms with Crippen LogP contribution in [0.2, 0.25) is 5.28 Å². The van der Waals surface area contributed by atoms with Crippen LogP contribution >= 0.6 is 11.6 Å². The number of aromatic carboxylic acids is 1. The number of nitrogens with one attached hydrogen (secondary N) is 1. The molecule has 0 atom stereocenters. The quantitative estimate of drug-likeness (QED) is 0.728. The number of para-hydroxylation sites is 1. The zero-order chi connectivity index (χ0) is 16.9. The van der Waals surface area contributed by atoms with Crippen LogP contribution in [-0.2, 0) is 0 Å². The normalized spacial score (nSPS) is 10.2. The van der Waals surface area contributed by atoms with E-state index >= 15 is 0 Å². The van der Waals surface area contributed by atoms with Gasteiger partial charge in [-0.2, -0.15) is 15.0 Å². The van der Waals surface area contributed by atoms with E-state index in [4.69, 9.17) is 21.4 Å². The predicted molar refractivity (Wildman–Crippen MR) is 88.0 cm³/mol. The summed E-state index contributed by atoms with van der Waals surface area (Å²) in [7, 11) is 0. The largest absolute Gasteiger partial charge is 0.478 e. The van der Waals surface area contributed by atoms with Crippen molar-refractivity contribution < 1.29 is 14.6 Å². The summed E-state index contributed by atoms with van der Waals surface area (Å²) in [6.07, 6.45) is 0. The minimum absolute atomic E-state index is 0.0272. The fraction of sp³-hybridized carbons (Fsp3) is 0. The average Bonchev–Trinajstić information content (AvgIpc) is 2.55. The van der Waals surface area contributed by atoms with E-state index in [0.717, 1.165) is 0 Å². The van der Waals surface area contributed by atoms with Gasteiger partial charge >= 0.3 is 12.0 Å². The van der Waals surface area contributed by atoms with Crippen molar-refractivity contribution in [2.75, 3.05) is 5.32 Å². The van der Waals surface area contributed by atoms with Gasteiger partial charge in [-0.15, -0.1) is 0 Å². The Kier molecular flexibility index (Phi) is 4.53. The minimum atomic E-state index is -0.997. The maximum atomic E-state index is 10.8. The number of carboxylic acid groups (broad SMARTS) is 1. The van der Waals surface area contributed by atoms with Crippen molar-refractivity contribution in [2.24, 2.45) is 0 Å². The molecule has 1 heterocycles. The summed E-state index contributed by atoms with van der Waals surface area (Å²) in [4.78, 5) is 22.8. The van der Waals surface area contributed by atoms with E-state index in [1.54, 1.807) is 24.3 Å². The van der Waals surface area contributed by atoms with Crippen molar-refractivity contribution in [1.29, 1.82) is 0 Å². The number of rotatable bonds is 5. The lowest BCUT2D eigenvalue weighted by Crippen LogP contribution is -2.02. The Balaban J connectivity index is 1.79. The first kappa shape index (κ1) is 15.7. The predicted octanol–water partition coefficient (Wildman–Crippen LogP) is 3.76. The number of carboxylic acids is 1. The van der Waals surface area contributed by atoms with Crippen molar-refractivity contribution >= 4 is 29.2 Å². The van der Waals surface area contributed by atoms with Gasteiger partial charge in [0.2, 0.25) is 11.2 Å². The number of anilines is 2. The molecule has 3 aromatic rings. The standard InChI is InChI=1S/C16H11ClN4O3/c17-14-19-15(18-11-8-6-10(7-9-11)13(22)23)21-16(20-14)24-12-4-2-1-3-5-12/h1-9H,(H,22,23)(H,18,19,20,21). The van der Waals surface area contributed by atoms with Gasteiger partial charge in [0, 0.05) is 5.69 Å². The van der Waals surface area contributed by atoms with E-state index in [1.165, 1.54) is 12.1 Å². The first-order chi connectivity index (χ1) is 11.6. The summed E-state index contributed by atoms with van der Waals surface area (Å²) in [5, 5.41) is 11.8. The second-order valence-electron chi connectivity index (χ2n) is 4.63. The van der Waals surface area contributed by atoms with Gasteiger partial charge in [-0.05, 0) is 48.0 Å². The van der Waals surface area contributed by atoms with Gasteiger partial charge in [-0.25, -0.2) is 4.79 Å². The lowest BCUT2D eigenvalue weighted by atomic mass is 10.2. The van der Waals surface area contributed by atoms with Crippen molar-refractivity contribution in [2.45, 2.75) is 0 Å². The molecule has 2 aromatic carbocycles. The Labute approximate surface area is 141 Å². The van der Waals surface area contributed by atoms with Gasteiger partial charge in [0.25, 0.3) is 0 Å². The SMILES string of the molecule is O=C(O)c1ccc(Nc2nc(Cl)nc(Oc3ccccc3)n2)cc1. The molecule has 7 nitrogen and oxygen atoms in total.